The molecule has 1 amide bonds. The van der Waals surface area contributed by atoms with Gasteiger partial charge in [-0.15, -0.1) is 11.8 Å². The van der Waals surface area contributed by atoms with Gasteiger partial charge in [0, 0.05) is 42.9 Å². The first kappa shape index (κ1) is 32.1. The van der Waals surface area contributed by atoms with Crippen molar-refractivity contribution in [1.82, 2.24) is 9.80 Å². The van der Waals surface area contributed by atoms with Crippen molar-refractivity contribution in [2.75, 3.05) is 59.3 Å². The lowest BCUT2D eigenvalue weighted by Gasteiger charge is -2.35. The van der Waals surface area contributed by atoms with Gasteiger partial charge in [-0.25, -0.2) is 0 Å². The number of fused-ring (bicyclic) bond motifs is 1. The minimum absolute atomic E-state index is 0.0711. The third-order valence-electron chi connectivity index (χ3n) is 5.70. The highest BCUT2D eigenvalue weighted by atomic mass is 32.3. The topological polar surface area (TPSA) is 163 Å². The zero-order chi connectivity index (χ0) is 28.3. The van der Waals surface area contributed by atoms with E-state index in [9.17, 15) is 21.6 Å². The molecule has 212 valence electrons. The summed E-state index contributed by atoms with van der Waals surface area (Å²) in [6, 6.07) is 18.6. The molecule has 12 nitrogen and oxygen atoms in total. The Kier molecular flexibility index (Phi) is 12.6. The molecule has 2 aromatic rings. The normalized spacial score (nSPS) is 20.5. The summed E-state index contributed by atoms with van der Waals surface area (Å²) < 4.78 is 59.4. The number of hydrogen-bond acceptors (Lipinski definition) is 10. The summed E-state index contributed by atoms with van der Waals surface area (Å²) in [5.74, 6) is 0.0634. The number of hydrogen-bond donors (Lipinski definition) is 3. The number of rotatable bonds is 5. The third-order valence-corrected chi connectivity index (χ3v) is 8.01. The summed E-state index contributed by atoms with van der Waals surface area (Å²) in [6.45, 7) is 4.99. The number of amides is 1. The van der Waals surface area contributed by atoms with E-state index in [-0.39, 0.29) is 17.1 Å². The minimum Gasteiger partial charge on any atom is -0.325 e. The van der Waals surface area contributed by atoms with E-state index >= 15 is 0 Å². The molecule has 1 fully saturated rings. The smallest absolute Gasteiger partial charge is 0.325 e. The van der Waals surface area contributed by atoms with Crippen LogP contribution in [0.2, 0.25) is 0 Å². The van der Waals surface area contributed by atoms with E-state index in [2.05, 4.69) is 60.9 Å². The highest BCUT2D eigenvalue weighted by molar-refractivity contribution is 7.99. The van der Waals surface area contributed by atoms with Crippen LogP contribution in [0.4, 0.5) is 5.69 Å². The summed E-state index contributed by atoms with van der Waals surface area (Å²) >= 11 is 1.81. The number of carbonyl (C=O) groups excluding carboxylic acids is 1. The first-order valence-electron chi connectivity index (χ1n) is 11.4. The van der Waals surface area contributed by atoms with Gasteiger partial charge in [0.25, 0.3) is 0 Å². The largest absolute Gasteiger partial charge is 0.397 e. The number of carbonyl (C=O) groups is 1. The Balaban J connectivity index is 0.000000355. The molecule has 0 aromatic heterocycles. The van der Waals surface area contributed by atoms with Crippen LogP contribution in [0.15, 0.2) is 59.5 Å². The first-order valence-corrected chi connectivity index (χ1v) is 15.0. The quantitative estimate of drug-likeness (QED) is 0.435. The molecule has 0 bridgehead atoms. The second kappa shape index (κ2) is 14.9. The number of nitrogens with zero attached hydrogens (tertiary/aromatic N) is 2. The molecule has 38 heavy (non-hydrogen) atoms. The van der Waals surface area contributed by atoms with Gasteiger partial charge in [-0.2, -0.15) is 16.8 Å². The maximum Gasteiger partial charge on any atom is 0.397 e. The predicted octanol–water partition coefficient (Wildman–Crippen LogP) is 2.21. The number of likely N-dealkylation sites (N-methyl/N-ethyl adjacent to an activating group) is 1. The van der Waals surface area contributed by atoms with Gasteiger partial charge in [-0.1, -0.05) is 42.5 Å². The average Bonchev–Trinajstić information content (AvgIpc) is 3.02. The standard InChI is InChI=1S/C21H25N3OS.2CH4O4S/c1-23-11-13-24(14-12-23)15-17-20(16-7-3-2-4-8-16)26-19-10-6-5-9-18(19)22-21(17)25;2*1-5-6(2,3)4/h2-10,17,20H,11-15H2,1H3,(H,22,25);2*1H3,(H,2,3,4)/t17-,20+;;/m0../s1. The van der Waals surface area contributed by atoms with Gasteiger partial charge in [0.1, 0.15) is 0 Å². The van der Waals surface area contributed by atoms with E-state index in [1.807, 2.05) is 36.0 Å². The predicted molar refractivity (Wildman–Crippen MR) is 145 cm³/mol. The Labute approximate surface area is 228 Å². The lowest BCUT2D eigenvalue weighted by molar-refractivity contribution is -0.120. The van der Waals surface area contributed by atoms with Crippen LogP contribution < -0.4 is 5.32 Å². The molecule has 0 unspecified atom stereocenters. The Morgan fingerprint density at radius 3 is 1.92 bits per heavy atom. The molecular formula is C23H33N3O9S3. The number of benzene rings is 2. The molecule has 2 atom stereocenters. The number of piperazine rings is 1. The van der Waals surface area contributed by atoms with Gasteiger partial charge in [-0.05, 0) is 24.7 Å². The van der Waals surface area contributed by atoms with E-state index < -0.39 is 20.8 Å². The zero-order valence-corrected chi connectivity index (χ0v) is 23.7. The fraction of sp³-hybridized carbons (Fsp3) is 0.435. The van der Waals surface area contributed by atoms with Crippen LogP contribution in [0.25, 0.3) is 0 Å². The van der Waals surface area contributed by atoms with Gasteiger partial charge >= 0.3 is 20.8 Å². The molecule has 0 aliphatic carbocycles. The van der Waals surface area contributed by atoms with Crippen molar-refractivity contribution in [3.63, 3.8) is 0 Å². The van der Waals surface area contributed by atoms with Crippen LogP contribution in [0.1, 0.15) is 10.8 Å². The van der Waals surface area contributed by atoms with Crippen LogP contribution in [0.5, 0.6) is 0 Å². The summed E-state index contributed by atoms with van der Waals surface area (Å²) in [4.78, 5) is 19.1. The van der Waals surface area contributed by atoms with Crippen LogP contribution in [0.3, 0.4) is 0 Å². The molecule has 0 spiro atoms. The van der Waals surface area contributed by atoms with Gasteiger partial charge in [-0.3, -0.25) is 27.2 Å². The third kappa shape index (κ3) is 11.3. The van der Waals surface area contributed by atoms with E-state index in [0.717, 1.165) is 57.5 Å². The first-order chi connectivity index (χ1) is 17.8. The van der Waals surface area contributed by atoms with E-state index in [0.29, 0.717) is 0 Å². The second-order valence-corrected chi connectivity index (χ2v) is 11.9. The van der Waals surface area contributed by atoms with Crippen molar-refractivity contribution >= 4 is 44.2 Å². The Hall–Kier alpha value is -2.08. The Morgan fingerprint density at radius 1 is 0.895 bits per heavy atom. The van der Waals surface area contributed by atoms with Gasteiger partial charge < -0.3 is 10.2 Å². The Bertz CT molecular complexity index is 1210. The van der Waals surface area contributed by atoms with Crippen molar-refractivity contribution < 1.29 is 39.1 Å². The molecule has 3 N–H and O–H groups in total. The molecule has 0 saturated carbocycles. The summed E-state index contributed by atoms with van der Waals surface area (Å²) in [6.07, 6.45) is 0. The monoisotopic (exact) mass is 591 g/mol. The number of para-hydroxylation sites is 1. The lowest BCUT2D eigenvalue weighted by atomic mass is 9.96. The molecule has 0 radical (unpaired) electrons. The highest BCUT2D eigenvalue weighted by Gasteiger charge is 2.35. The van der Waals surface area contributed by atoms with Crippen molar-refractivity contribution in [3.05, 3.63) is 60.2 Å². The maximum absolute atomic E-state index is 13.1. The summed E-state index contributed by atoms with van der Waals surface area (Å²) in [5, 5.41) is 3.30. The number of thioether (sulfide) groups is 1. The molecule has 1 saturated heterocycles. The van der Waals surface area contributed by atoms with Gasteiger partial charge in [0.2, 0.25) is 5.91 Å². The molecule has 2 aliphatic rings. The molecule has 2 aromatic carbocycles. The molecule has 15 heteroatoms. The molecule has 2 aliphatic heterocycles. The van der Waals surface area contributed by atoms with E-state index in [1.165, 1.54) is 5.56 Å². The van der Waals surface area contributed by atoms with E-state index in [1.54, 1.807) is 0 Å². The van der Waals surface area contributed by atoms with Crippen LogP contribution in [-0.4, -0.2) is 95.6 Å². The highest BCUT2D eigenvalue weighted by Crippen LogP contribution is 2.46. The van der Waals surface area contributed by atoms with Crippen molar-refractivity contribution in [1.29, 1.82) is 0 Å². The van der Waals surface area contributed by atoms with Crippen LogP contribution in [0, 0.1) is 5.92 Å². The fourth-order valence-electron chi connectivity index (χ4n) is 3.68. The van der Waals surface area contributed by atoms with E-state index in [4.69, 9.17) is 9.11 Å². The minimum atomic E-state index is -4.16. The SMILES string of the molecule is CN1CCN(C[C@@H]2C(=O)Nc3ccccc3S[C@@H]2c2ccccc2)CC1.COS(=O)(=O)O.COS(=O)(=O)O. The van der Waals surface area contributed by atoms with Gasteiger partial charge in [0.15, 0.2) is 0 Å². The maximum atomic E-state index is 13.1. The molecule has 4 rings (SSSR count). The van der Waals surface area contributed by atoms with Crippen LogP contribution in [-0.2, 0) is 34.0 Å². The zero-order valence-electron chi connectivity index (χ0n) is 21.3. The van der Waals surface area contributed by atoms with Gasteiger partial charge in [0.05, 0.1) is 25.8 Å². The molecule has 2 heterocycles. The van der Waals surface area contributed by atoms with Crippen molar-refractivity contribution in [2.45, 2.75) is 10.1 Å². The average molecular weight is 592 g/mol. The number of anilines is 1. The fourth-order valence-corrected chi connectivity index (χ4v) is 5.03. The summed E-state index contributed by atoms with van der Waals surface area (Å²) in [5.41, 5.74) is 2.16. The molecular weight excluding hydrogens is 558 g/mol. The second-order valence-electron chi connectivity index (χ2n) is 8.33. The van der Waals surface area contributed by atoms with Crippen molar-refractivity contribution in [3.8, 4) is 0 Å². The number of nitrogens with one attached hydrogen (secondary N) is 1. The summed E-state index contributed by atoms with van der Waals surface area (Å²) in [7, 11) is -4.42. The van der Waals surface area contributed by atoms with Crippen LogP contribution >= 0.6 is 11.8 Å². The lowest BCUT2D eigenvalue weighted by Crippen LogP contribution is -2.48. The van der Waals surface area contributed by atoms with Crippen molar-refractivity contribution in [2.24, 2.45) is 5.92 Å². The Morgan fingerprint density at radius 2 is 1.39 bits per heavy atom.